The van der Waals surface area contributed by atoms with Crippen molar-refractivity contribution in [2.45, 2.75) is 0 Å². The number of pyridine rings is 1. The van der Waals surface area contributed by atoms with Crippen molar-refractivity contribution in [2.75, 3.05) is 5.32 Å². The first-order valence-corrected chi connectivity index (χ1v) is 9.02. The summed E-state index contributed by atoms with van der Waals surface area (Å²) in [6.45, 7) is 0. The zero-order valence-corrected chi connectivity index (χ0v) is 14.6. The molecule has 2 heterocycles. The van der Waals surface area contributed by atoms with Crippen molar-refractivity contribution in [1.82, 2.24) is 4.98 Å². The first-order chi connectivity index (χ1) is 12.2. The van der Waals surface area contributed by atoms with Gasteiger partial charge in [0, 0.05) is 17.0 Å². The minimum atomic E-state index is -0.211. The van der Waals surface area contributed by atoms with Gasteiger partial charge < -0.3 is 5.32 Å². The standard InChI is InChI=1S/C20H13ClN2OS/c21-17-11-19(23-20(24)13-4-2-1-3-5-13)22-18-10-14(6-7-16(17)18)15-8-9-25-12-15/h1-12H,(H,22,23,24). The lowest BCUT2D eigenvalue weighted by molar-refractivity contribution is 0.102. The van der Waals surface area contributed by atoms with Gasteiger partial charge in [-0.15, -0.1) is 0 Å². The Balaban J connectivity index is 1.71. The van der Waals surface area contributed by atoms with Crippen molar-refractivity contribution in [3.8, 4) is 11.1 Å². The van der Waals surface area contributed by atoms with Crippen molar-refractivity contribution < 1.29 is 4.79 Å². The van der Waals surface area contributed by atoms with E-state index in [1.165, 1.54) is 0 Å². The van der Waals surface area contributed by atoms with Crippen LogP contribution in [-0.2, 0) is 0 Å². The number of rotatable bonds is 3. The third-order valence-corrected chi connectivity index (χ3v) is 4.89. The summed E-state index contributed by atoms with van der Waals surface area (Å²) >= 11 is 8.03. The lowest BCUT2D eigenvalue weighted by Crippen LogP contribution is -2.12. The topological polar surface area (TPSA) is 42.0 Å². The van der Waals surface area contributed by atoms with Gasteiger partial charge in [-0.05, 0) is 46.2 Å². The summed E-state index contributed by atoms with van der Waals surface area (Å²) in [7, 11) is 0. The van der Waals surface area contributed by atoms with E-state index in [4.69, 9.17) is 11.6 Å². The second-order valence-corrected chi connectivity index (χ2v) is 6.74. The Hall–Kier alpha value is -2.69. The highest BCUT2D eigenvalue weighted by Crippen LogP contribution is 2.30. The number of amides is 1. The van der Waals surface area contributed by atoms with Gasteiger partial charge in [-0.2, -0.15) is 11.3 Å². The lowest BCUT2D eigenvalue weighted by Gasteiger charge is -2.08. The number of aromatic nitrogens is 1. The Bertz CT molecular complexity index is 1050. The zero-order valence-electron chi connectivity index (χ0n) is 13.1. The third-order valence-electron chi connectivity index (χ3n) is 3.89. The minimum Gasteiger partial charge on any atom is -0.307 e. The van der Waals surface area contributed by atoms with E-state index in [1.807, 2.05) is 41.8 Å². The molecule has 122 valence electrons. The normalized spacial score (nSPS) is 10.8. The van der Waals surface area contributed by atoms with Crippen molar-refractivity contribution in [3.05, 3.63) is 82.0 Å². The number of hydrogen-bond donors (Lipinski definition) is 1. The van der Waals surface area contributed by atoms with Gasteiger partial charge in [0.05, 0.1) is 10.5 Å². The molecule has 0 atom stereocenters. The van der Waals surface area contributed by atoms with Crippen LogP contribution in [0.3, 0.4) is 0 Å². The maximum Gasteiger partial charge on any atom is 0.256 e. The van der Waals surface area contributed by atoms with Crippen LogP contribution in [0.1, 0.15) is 10.4 Å². The van der Waals surface area contributed by atoms with E-state index in [1.54, 1.807) is 29.5 Å². The van der Waals surface area contributed by atoms with Gasteiger partial charge in [0.25, 0.3) is 5.91 Å². The number of fused-ring (bicyclic) bond motifs is 1. The van der Waals surface area contributed by atoms with Crippen LogP contribution in [0.5, 0.6) is 0 Å². The molecule has 0 aliphatic rings. The lowest BCUT2D eigenvalue weighted by atomic mass is 10.1. The molecule has 0 bridgehead atoms. The molecule has 4 rings (SSSR count). The van der Waals surface area contributed by atoms with Gasteiger partial charge in [0.15, 0.2) is 0 Å². The Kier molecular flexibility index (Phi) is 4.22. The Morgan fingerprint density at radius 1 is 1.00 bits per heavy atom. The van der Waals surface area contributed by atoms with Crippen LogP contribution in [0.4, 0.5) is 5.82 Å². The van der Waals surface area contributed by atoms with E-state index < -0.39 is 0 Å². The smallest absolute Gasteiger partial charge is 0.256 e. The highest BCUT2D eigenvalue weighted by atomic mass is 35.5. The second-order valence-electron chi connectivity index (χ2n) is 5.55. The molecule has 4 aromatic rings. The van der Waals surface area contributed by atoms with Gasteiger partial charge in [-0.25, -0.2) is 4.98 Å². The minimum absolute atomic E-state index is 0.211. The number of nitrogens with zero attached hydrogens (tertiary/aromatic N) is 1. The summed E-state index contributed by atoms with van der Waals surface area (Å²) in [6.07, 6.45) is 0. The SMILES string of the molecule is O=C(Nc1cc(Cl)c2ccc(-c3ccsc3)cc2n1)c1ccccc1. The molecular formula is C20H13ClN2OS. The van der Waals surface area contributed by atoms with Crippen LogP contribution in [0, 0.1) is 0 Å². The monoisotopic (exact) mass is 364 g/mol. The number of carbonyl (C=O) groups excluding carboxylic acids is 1. The maximum absolute atomic E-state index is 12.3. The first-order valence-electron chi connectivity index (χ1n) is 7.70. The van der Waals surface area contributed by atoms with E-state index in [2.05, 4.69) is 21.7 Å². The zero-order chi connectivity index (χ0) is 17.2. The largest absolute Gasteiger partial charge is 0.307 e. The molecule has 1 N–H and O–H groups in total. The first kappa shape index (κ1) is 15.8. The molecule has 0 radical (unpaired) electrons. The number of nitrogens with one attached hydrogen (secondary N) is 1. The van der Waals surface area contributed by atoms with Gasteiger partial charge in [0.2, 0.25) is 0 Å². The summed E-state index contributed by atoms with van der Waals surface area (Å²) in [4.78, 5) is 16.9. The Morgan fingerprint density at radius 2 is 1.84 bits per heavy atom. The van der Waals surface area contributed by atoms with Gasteiger partial charge >= 0.3 is 0 Å². The van der Waals surface area contributed by atoms with Crippen LogP contribution in [0.25, 0.3) is 22.0 Å². The molecule has 2 aromatic carbocycles. The summed E-state index contributed by atoms with van der Waals surface area (Å²) in [5, 5.41) is 8.36. The van der Waals surface area contributed by atoms with Gasteiger partial charge in [-0.3, -0.25) is 4.79 Å². The van der Waals surface area contributed by atoms with Crippen LogP contribution < -0.4 is 5.32 Å². The fourth-order valence-corrected chi connectivity index (χ4v) is 3.56. The van der Waals surface area contributed by atoms with Gasteiger partial charge in [-0.1, -0.05) is 41.9 Å². The molecule has 1 amide bonds. The maximum atomic E-state index is 12.3. The average molecular weight is 365 g/mol. The molecule has 3 nitrogen and oxygen atoms in total. The molecule has 0 spiro atoms. The third kappa shape index (κ3) is 3.27. The Labute approximate surface area is 153 Å². The number of halogens is 1. The predicted octanol–water partition coefficient (Wildman–Crippen LogP) is 5.87. The fraction of sp³-hybridized carbons (Fsp3) is 0. The van der Waals surface area contributed by atoms with Crippen LogP contribution in [0.15, 0.2) is 71.4 Å². The summed E-state index contributed by atoms with van der Waals surface area (Å²) in [5.41, 5.74) is 3.54. The molecule has 25 heavy (non-hydrogen) atoms. The molecule has 0 aliphatic carbocycles. The molecule has 0 aliphatic heterocycles. The highest BCUT2D eigenvalue weighted by Gasteiger charge is 2.10. The number of hydrogen-bond acceptors (Lipinski definition) is 3. The van der Waals surface area contributed by atoms with E-state index >= 15 is 0 Å². The number of thiophene rings is 1. The molecule has 0 saturated carbocycles. The molecule has 0 saturated heterocycles. The summed E-state index contributed by atoms with van der Waals surface area (Å²) in [5.74, 6) is 0.228. The van der Waals surface area contributed by atoms with Crippen molar-refractivity contribution >= 4 is 45.6 Å². The summed E-state index contributed by atoms with van der Waals surface area (Å²) < 4.78 is 0. The van der Waals surface area contributed by atoms with Crippen molar-refractivity contribution in [3.63, 3.8) is 0 Å². The van der Waals surface area contributed by atoms with Crippen molar-refractivity contribution in [2.24, 2.45) is 0 Å². The van der Waals surface area contributed by atoms with Crippen molar-refractivity contribution in [1.29, 1.82) is 0 Å². The fourth-order valence-electron chi connectivity index (χ4n) is 2.64. The molecule has 5 heteroatoms. The van der Waals surface area contributed by atoms with Gasteiger partial charge in [0.1, 0.15) is 5.82 Å². The van der Waals surface area contributed by atoms with E-state index in [0.717, 1.165) is 22.0 Å². The Morgan fingerprint density at radius 3 is 2.60 bits per heavy atom. The van der Waals surface area contributed by atoms with E-state index in [9.17, 15) is 4.79 Å². The summed E-state index contributed by atoms with van der Waals surface area (Å²) in [6, 6.07) is 18.7. The number of carbonyl (C=O) groups is 1. The van der Waals surface area contributed by atoms with Crippen LogP contribution >= 0.6 is 22.9 Å². The number of benzene rings is 2. The quantitative estimate of drug-likeness (QED) is 0.494. The molecular weight excluding hydrogens is 352 g/mol. The predicted molar refractivity (Wildman–Crippen MR) is 104 cm³/mol. The van der Waals surface area contributed by atoms with E-state index in [0.29, 0.717) is 16.4 Å². The molecule has 0 fully saturated rings. The second kappa shape index (κ2) is 6.67. The molecule has 0 unspecified atom stereocenters. The average Bonchev–Trinajstić information content (AvgIpc) is 3.16. The molecule has 2 aromatic heterocycles. The number of anilines is 1. The van der Waals surface area contributed by atoms with Crippen LogP contribution in [0.2, 0.25) is 5.02 Å². The highest BCUT2D eigenvalue weighted by molar-refractivity contribution is 7.08. The van der Waals surface area contributed by atoms with Crippen LogP contribution in [-0.4, -0.2) is 10.9 Å². The van der Waals surface area contributed by atoms with E-state index in [-0.39, 0.29) is 5.91 Å².